The Kier molecular flexibility index (Phi) is 37.1. The molecule has 0 aliphatic rings. The first kappa shape index (κ1) is 59.5. The molecule has 0 radical (unpaired) electrons. The molecule has 33 heteroatoms. The van der Waals surface area contributed by atoms with E-state index in [0.717, 1.165) is 0 Å². The summed E-state index contributed by atoms with van der Waals surface area (Å²) in [6.07, 6.45) is -6.27. The molecule has 0 amide bonds. The third-order valence-corrected chi connectivity index (χ3v) is 9.31. The van der Waals surface area contributed by atoms with Gasteiger partial charge in [-0.1, -0.05) is 0 Å². The molecule has 7 atom stereocenters. The normalized spacial score (nSPS) is 19.2. The summed E-state index contributed by atoms with van der Waals surface area (Å²) in [6.45, 7) is 0.434. The third kappa shape index (κ3) is 27.9. The fourth-order valence-electron chi connectivity index (χ4n) is 1.15. The minimum absolute atomic E-state index is 0. The van der Waals surface area contributed by atoms with Crippen LogP contribution in [0.1, 0.15) is 6.92 Å². The summed E-state index contributed by atoms with van der Waals surface area (Å²) in [7, 11) is -33.1. The maximum atomic E-state index is 11.3. The maximum Gasteiger partial charge on any atom is 1.00 e. The van der Waals surface area contributed by atoms with Crippen LogP contribution in [-0.4, -0.2) is 40.3 Å². The second-order valence-electron chi connectivity index (χ2n) is 4.76. The first-order valence-corrected chi connectivity index (χ1v) is 14.1. The molecule has 2 N–H and O–H groups in total. The predicted molar refractivity (Wildman–Crippen MR) is 77.3 cm³/mol. The Morgan fingerprint density at radius 2 is 0.821 bits per heavy atom. The largest absolute Gasteiger partial charge is 1.00 e. The van der Waals surface area contributed by atoms with Gasteiger partial charge < -0.3 is 53.6 Å². The Hall–Kier alpha value is 5.12. The van der Waals surface area contributed by atoms with Crippen LogP contribution in [0.15, 0.2) is 0 Å². The Morgan fingerprint density at radius 3 is 1.08 bits per heavy atom. The minimum atomic E-state index is -6.85. The van der Waals surface area contributed by atoms with Crippen molar-refractivity contribution in [3.8, 4) is 0 Å². The number of carbonyl (C=O) groups is 3. The van der Waals surface area contributed by atoms with E-state index in [-0.39, 0.29) is 177 Å². The predicted octanol–water partition coefficient (Wildman–Crippen LogP) is -24.0. The van der Waals surface area contributed by atoms with Crippen LogP contribution in [0.5, 0.6) is 0 Å². The molecule has 7 unspecified atom stereocenters. The van der Waals surface area contributed by atoms with E-state index < -0.39 is 69.2 Å². The molecule has 0 spiro atoms. The molecule has 0 heterocycles. The fourth-order valence-corrected chi connectivity index (χ4v) is 7.14. The van der Waals surface area contributed by atoms with Crippen LogP contribution in [-0.2, 0) is 63.5 Å². The topological polar surface area (TPSA) is 371 Å². The Bertz CT molecular complexity index is 1030. The second-order valence-corrected chi connectivity index (χ2v) is 12.2. The monoisotopic (exact) mass is 724 g/mol. The molecule has 0 aromatic heterocycles. The smallest absolute Gasteiger partial charge is 0.756 e. The van der Waals surface area contributed by atoms with E-state index in [2.05, 4.69) is 26.3 Å². The Balaban J connectivity index is -0.000000341. The van der Waals surface area contributed by atoms with Crippen molar-refractivity contribution in [3.05, 3.63) is 0 Å². The number of aliphatic hydroxyl groups excluding tert-OH is 2. The molecule has 0 saturated heterocycles. The van der Waals surface area contributed by atoms with Crippen LogP contribution in [0.3, 0.4) is 0 Å². The van der Waals surface area contributed by atoms with Crippen molar-refractivity contribution in [1.82, 2.24) is 0 Å². The van der Waals surface area contributed by atoms with E-state index in [9.17, 15) is 66.8 Å². The molecule has 194 valence electrons. The molecular weight excluding hydrogens is 717 g/mol. The van der Waals surface area contributed by atoms with Crippen molar-refractivity contribution < 1.29 is 281 Å². The molecule has 0 aliphatic heterocycles. The minimum Gasteiger partial charge on any atom is -0.756 e. The van der Waals surface area contributed by atoms with Gasteiger partial charge in [-0.2, -0.15) is 0 Å². The summed E-state index contributed by atoms with van der Waals surface area (Å²) < 4.78 is 74.6. The maximum absolute atomic E-state index is 11.3. The van der Waals surface area contributed by atoms with Crippen molar-refractivity contribution in [2.24, 2.45) is 0 Å². The molecule has 0 bridgehead atoms. The number of carboxylic acid groups (broad SMARTS) is 1. The van der Waals surface area contributed by atoms with E-state index in [1.807, 2.05) is 0 Å². The average Bonchev–Trinajstić information content (AvgIpc) is 2.45. The summed E-state index contributed by atoms with van der Waals surface area (Å²) in [6, 6.07) is 0. The molecule has 0 aliphatic carbocycles. The summed E-state index contributed by atoms with van der Waals surface area (Å²) in [5.41, 5.74) is 0. The molecular formula is C6H7Na6O22P5. The zero-order valence-electron chi connectivity index (χ0n) is 21.0. The first-order chi connectivity index (χ1) is 14.4. The second kappa shape index (κ2) is 24.3. The summed E-state index contributed by atoms with van der Waals surface area (Å²) in [5, 5.41) is 28.0. The SMILES string of the molecule is CC(=O)OP(=O)([O-])OP(=O)([O-])OP(=O)([O-])OP(=O)([O-])OP(=O)([O-])OC(=O)C(O)C(O)C(=O)[O-].[Na+].[Na+].[Na+].[Na+].[Na+].[Na+]. The van der Waals surface area contributed by atoms with Crippen molar-refractivity contribution in [1.29, 1.82) is 0 Å². The summed E-state index contributed by atoms with van der Waals surface area (Å²) >= 11 is 0. The van der Waals surface area contributed by atoms with Gasteiger partial charge in [0.1, 0.15) is 6.10 Å². The van der Waals surface area contributed by atoms with Gasteiger partial charge in [0.05, 0.1) is 5.97 Å². The zero-order valence-corrected chi connectivity index (χ0v) is 37.4. The molecule has 0 fully saturated rings. The van der Waals surface area contributed by atoms with Crippen molar-refractivity contribution in [3.63, 3.8) is 0 Å². The number of phosphoric ester groups is 2. The summed E-state index contributed by atoms with van der Waals surface area (Å²) in [5.74, 6) is -6.78. The van der Waals surface area contributed by atoms with E-state index in [1.165, 1.54) is 0 Å². The third-order valence-electron chi connectivity index (χ3n) is 2.02. The van der Waals surface area contributed by atoms with Gasteiger partial charge in [-0.25, -0.2) is 22.0 Å². The van der Waals surface area contributed by atoms with Crippen molar-refractivity contribution in [2.75, 3.05) is 0 Å². The molecule has 0 aromatic rings. The number of hydrogen-bond donors (Lipinski definition) is 2. The van der Waals surface area contributed by atoms with Crippen LogP contribution in [0.2, 0.25) is 0 Å². The van der Waals surface area contributed by atoms with E-state index in [4.69, 9.17) is 10.2 Å². The Labute approximate surface area is 350 Å². The number of aliphatic carboxylic acids is 1. The number of carbonyl (C=O) groups excluding carboxylic acids is 3. The first-order valence-electron chi connectivity index (χ1n) is 6.80. The fraction of sp³-hybridized carbons (Fsp3) is 0.500. The van der Waals surface area contributed by atoms with Crippen molar-refractivity contribution in [2.45, 2.75) is 19.1 Å². The van der Waals surface area contributed by atoms with E-state index in [0.29, 0.717) is 6.92 Å². The van der Waals surface area contributed by atoms with Crippen LogP contribution in [0.4, 0.5) is 0 Å². The number of hydrogen-bond acceptors (Lipinski definition) is 22. The molecule has 22 nitrogen and oxygen atoms in total. The van der Waals surface area contributed by atoms with Gasteiger partial charge in [0.15, 0.2) is 6.10 Å². The van der Waals surface area contributed by atoms with Gasteiger partial charge in [-0.15, -0.1) is 0 Å². The van der Waals surface area contributed by atoms with Gasteiger partial charge in [0.2, 0.25) is 0 Å². The molecule has 0 aromatic carbocycles. The van der Waals surface area contributed by atoms with Crippen molar-refractivity contribution >= 4 is 57.0 Å². The van der Waals surface area contributed by atoms with E-state index >= 15 is 0 Å². The summed E-state index contributed by atoms with van der Waals surface area (Å²) in [4.78, 5) is 87.9. The van der Waals surface area contributed by atoms with Crippen LogP contribution in [0.25, 0.3) is 0 Å². The zero-order chi connectivity index (χ0) is 26.6. The van der Waals surface area contributed by atoms with Gasteiger partial charge in [0, 0.05) is 6.92 Å². The van der Waals surface area contributed by atoms with Gasteiger partial charge >= 0.3 is 205 Å². The number of aliphatic hydroxyl groups is 2. The van der Waals surface area contributed by atoms with Crippen LogP contribution >= 0.6 is 39.1 Å². The number of rotatable bonds is 13. The quantitative estimate of drug-likeness (QED) is 0.131. The average molecular weight is 724 g/mol. The van der Waals surface area contributed by atoms with Crippen LogP contribution < -0.4 is 207 Å². The van der Waals surface area contributed by atoms with Gasteiger partial charge in [-0.3, -0.25) is 27.6 Å². The molecule has 0 saturated carbocycles. The van der Waals surface area contributed by atoms with Gasteiger partial charge in [-0.05, 0) is 0 Å². The Morgan fingerprint density at radius 1 is 0.564 bits per heavy atom. The van der Waals surface area contributed by atoms with Crippen LogP contribution in [0, 0.1) is 0 Å². The standard InChI is InChI=1S/C6H13O22P5.6Na/c1-2(7)23-29(13,14)25-31(17,18)27-33(21,22)28-32(19,20)26-30(15,16)24-6(12)4(9)3(8)5(10)11;;;;;;/h3-4,8-9H,1H3,(H,10,11)(H,13,14)(H,15,16)(H,17,18)(H,19,20)(H,21,22);;;;;;/q;6*+1/p-6. The number of carboxylic acids is 1. The molecule has 39 heavy (non-hydrogen) atoms. The van der Waals surface area contributed by atoms with Gasteiger partial charge in [0.25, 0.3) is 23.5 Å². The van der Waals surface area contributed by atoms with E-state index in [1.54, 1.807) is 0 Å². The molecule has 0 rings (SSSR count). The number of phosphoric acid groups is 5.